The van der Waals surface area contributed by atoms with E-state index in [-0.39, 0.29) is 24.2 Å². The fraction of sp³-hybridized carbons (Fsp3) is 1.00. The van der Waals surface area contributed by atoms with E-state index in [0.717, 1.165) is 19.3 Å². The first kappa shape index (κ1) is 9.44. The molecule has 1 N–H and O–H groups in total. The second-order valence-corrected chi connectivity index (χ2v) is 4.32. The number of hydrogen-bond donors (Lipinski definition) is 1. The van der Waals surface area contributed by atoms with Crippen molar-refractivity contribution in [3.05, 3.63) is 0 Å². The van der Waals surface area contributed by atoms with Gasteiger partial charge in [0.15, 0.2) is 0 Å². The lowest BCUT2D eigenvalue weighted by Gasteiger charge is -2.24. The van der Waals surface area contributed by atoms with Gasteiger partial charge in [-0.15, -0.1) is 0 Å². The molecule has 0 aromatic carbocycles. The molecule has 0 amide bonds. The molecule has 0 unspecified atom stereocenters. The molecular formula is C10H18O3. The van der Waals surface area contributed by atoms with Gasteiger partial charge in [0.25, 0.3) is 0 Å². The summed E-state index contributed by atoms with van der Waals surface area (Å²) in [5.41, 5.74) is 0.0726. The summed E-state index contributed by atoms with van der Waals surface area (Å²) in [6, 6.07) is 0. The van der Waals surface area contributed by atoms with E-state index in [0.29, 0.717) is 6.61 Å². The van der Waals surface area contributed by atoms with Crippen molar-refractivity contribution >= 4 is 0 Å². The molecule has 0 radical (unpaired) electrons. The largest absolute Gasteiger partial charge is 0.396 e. The molecular weight excluding hydrogens is 168 g/mol. The van der Waals surface area contributed by atoms with Gasteiger partial charge in [-0.05, 0) is 19.3 Å². The van der Waals surface area contributed by atoms with Gasteiger partial charge in [0, 0.05) is 12.5 Å². The molecule has 1 heterocycles. The summed E-state index contributed by atoms with van der Waals surface area (Å²) in [7, 11) is 1.70. The summed E-state index contributed by atoms with van der Waals surface area (Å²) in [5, 5.41) is 9.39. The van der Waals surface area contributed by atoms with Crippen molar-refractivity contribution in [2.24, 2.45) is 5.41 Å². The van der Waals surface area contributed by atoms with Crippen molar-refractivity contribution in [3.8, 4) is 0 Å². The first-order valence-electron chi connectivity index (χ1n) is 5.06. The van der Waals surface area contributed by atoms with Gasteiger partial charge in [0.1, 0.15) is 0 Å². The minimum atomic E-state index is 0.0726. The number of aliphatic hydroxyl groups excluding tert-OH is 1. The van der Waals surface area contributed by atoms with E-state index >= 15 is 0 Å². The third-order valence-electron chi connectivity index (χ3n) is 3.48. The third-order valence-corrected chi connectivity index (χ3v) is 3.48. The molecule has 0 spiro atoms. The van der Waals surface area contributed by atoms with Gasteiger partial charge in [-0.3, -0.25) is 0 Å². The van der Waals surface area contributed by atoms with E-state index in [4.69, 9.17) is 9.47 Å². The van der Waals surface area contributed by atoms with Crippen molar-refractivity contribution in [1.82, 2.24) is 0 Å². The molecule has 1 aliphatic heterocycles. The number of fused-ring (bicyclic) bond motifs is 1. The number of ether oxygens (including phenoxy) is 2. The number of aliphatic hydroxyl groups is 1. The summed E-state index contributed by atoms with van der Waals surface area (Å²) in [4.78, 5) is 0. The Morgan fingerprint density at radius 1 is 1.62 bits per heavy atom. The van der Waals surface area contributed by atoms with Gasteiger partial charge in [-0.1, -0.05) is 6.42 Å². The summed E-state index contributed by atoms with van der Waals surface area (Å²) >= 11 is 0. The molecule has 2 aliphatic rings. The molecule has 13 heavy (non-hydrogen) atoms. The van der Waals surface area contributed by atoms with Crippen LogP contribution < -0.4 is 0 Å². The van der Waals surface area contributed by atoms with E-state index in [2.05, 4.69) is 0 Å². The Balaban J connectivity index is 2.00. The summed E-state index contributed by atoms with van der Waals surface area (Å²) < 4.78 is 10.9. The fourth-order valence-electron chi connectivity index (χ4n) is 2.82. The molecule has 3 nitrogen and oxygen atoms in total. The second-order valence-electron chi connectivity index (χ2n) is 4.32. The van der Waals surface area contributed by atoms with Crippen LogP contribution in [-0.4, -0.2) is 37.6 Å². The molecule has 0 aromatic rings. The summed E-state index contributed by atoms with van der Waals surface area (Å²) in [6.07, 6.45) is 4.90. The monoisotopic (exact) mass is 186 g/mol. The first-order valence-corrected chi connectivity index (χ1v) is 5.06. The Bertz CT molecular complexity index is 183. The first-order chi connectivity index (χ1) is 6.30. The van der Waals surface area contributed by atoms with Crippen LogP contribution >= 0.6 is 0 Å². The van der Waals surface area contributed by atoms with E-state index in [1.54, 1.807) is 7.11 Å². The topological polar surface area (TPSA) is 38.7 Å². The maximum atomic E-state index is 9.39. The van der Waals surface area contributed by atoms with Crippen molar-refractivity contribution < 1.29 is 14.6 Å². The average Bonchev–Trinajstić information content (AvgIpc) is 2.61. The number of methoxy groups -OCH3 is 1. The van der Waals surface area contributed by atoms with Crippen LogP contribution in [0.3, 0.4) is 0 Å². The van der Waals surface area contributed by atoms with Crippen LogP contribution in [0.2, 0.25) is 0 Å². The van der Waals surface area contributed by atoms with Gasteiger partial charge in [0.05, 0.1) is 25.4 Å². The van der Waals surface area contributed by atoms with Crippen LogP contribution in [0.25, 0.3) is 0 Å². The molecule has 1 saturated carbocycles. The van der Waals surface area contributed by atoms with Gasteiger partial charge in [-0.25, -0.2) is 0 Å². The lowest BCUT2D eigenvalue weighted by Crippen LogP contribution is -2.28. The van der Waals surface area contributed by atoms with E-state index in [1.807, 2.05) is 0 Å². The molecule has 2 fully saturated rings. The van der Waals surface area contributed by atoms with Crippen molar-refractivity contribution in [3.63, 3.8) is 0 Å². The quantitative estimate of drug-likeness (QED) is 0.713. The summed E-state index contributed by atoms with van der Waals surface area (Å²) in [5.74, 6) is 0. The van der Waals surface area contributed by atoms with Gasteiger partial charge in [0.2, 0.25) is 0 Å². The molecule has 1 saturated heterocycles. The smallest absolute Gasteiger partial charge is 0.0819 e. The normalized spacial score (nSPS) is 43.8. The molecule has 3 atom stereocenters. The predicted octanol–water partition coefficient (Wildman–Crippen LogP) is 0.953. The Kier molecular flexibility index (Phi) is 2.58. The highest BCUT2D eigenvalue weighted by molar-refractivity contribution is 4.99. The lowest BCUT2D eigenvalue weighted by molar-refractivity contribution is -0.0173. The van der Waals surface area contributed by atoms with Crippen LogP contribution in [0.15, 0.2) is 0 Å². The zero-order chi connectivity index (χ0) is 9.31. The number of hydrogen-bond acceptors (Lipinski definition) is 3. The average molecular weight is 186 g/mol. The number of rotatable bonds is 3. The van der Waals surface area contributed by atoms with Crippen molar-refractivity contribution in [1.29, 1.82) is 0 Å². The lowest BCUT2D eigenvalue weighted by atomic mass is 9.82. The highest BCUT2D eigenvalue weighted by atomic mass is 16.5. The van der Waals surface area contributed by atoms with Crippen LogP contribution in [0.1, 0.15) is 25.7 Å². The Morgan fingerprint density at radius 2 is 2.46 bits per heavy atom. The van der Waals surface area contributed by atoms with Gasteiger partial charge in [-0.2, -0.15) is 0 Å². The zero-order valence-corrected chi connectivity index (χ0v) is 8.16. The van der Waals surface area contributed by atoms with Crippen LogP contribution in [0, 0.1) is 5.41 Å². The SMILES string of the molecule is COC[C@H]1C[C@]2(CO)CCC[C@@H]2O1. The van der Waals surface area contributed by atoms with E-state index < -0.39 is 0 Å². The molecule has 2 rings (SSSR count). The zero-order valence-electron chi connectivity index (χ0n) is 8.16. The van der Waals surface area contributed by atoms with Gasteiger partial charge < -0.3 is 14.6 Å². The molecule has 0 bridgehead atoms. The maximum Gasteiger partial charge on any atom is 0.0819 e. The highest BCUT2D eigenvalue weighted by Crippen LogP contribution is 2.49. The Hall–Kier alpha value is -0.120. The standard InChI is InChI=1S/C10H18O3/c1-12-6-8-5-10(7-11)4-2-3-9(10)13-8/h8-9,11H,2-7H2,1H3/t8-,9+,10+/m1/s1. The van der Waals surface area contributed by atoms with Crippen LogP contribution in [0.4, 0.5) is 0 Å². The van der Waals surface area contributed by atoms with Crippen LogP contribution in [0.5, 0.6) is 0 Å². The molecule has 1 aliphatic carbocycles. The second kappa shape index (κ2) is 3.56. The molecule has 76 valence electrons. The summed E-state index contributed by atoms with van der Waals surface area (Å²) in [6.45, 7) is 0.941. The maximum absolute atomic E-state index is 9.39. The highest BCUT2D eigenvalue weighted by Gasteiger charge is 2.50. The minimum Gasteiger partial charge on any atom is -0.396 e. The van der Waals surface area contributed by atoms with E-state index in [9.17, 15) is 5.11 Å². The van der Waals surface area contributed by atoms with Gasteiger partial charge >= 0.3 is 0 Å². The Morgan fingerprint density at radius 3 is 3.08 bits per heavy atom. The fourth-order valence-corrected chi connectivity index (χ4v) is 2.82. The predicted molar refractivity (Wildman–Crippen MR) is 48.5 cm³/mol. The third kappa shape index (κ3) is 1.49. The van der Waals surface area contributed by atoms with E-state index in [1.165, 1.54) is 6.42 Å². The molecule has 3 heteroatoms. The minimum absolute atomic E-state index is 0.0726. The van der Waals surface area contributed by atoms with Crippen molar-refractivity contribution in [2.45, 2.75) is 37.9 Å². The molecule has 0 aromatic heterocycles. The van der Waals surface area contributed by atoms with Crippen LogP contribution in [-0.2, 0) is 9.47 Å². The van der Waals surface area contributed by atoms with Crippen molar-refractivity contribution in [2.75, 3.05) is 20.3 Å². The Labute approximate surface area is 79.0 Å².